The van der Waals surface area contributed by atoms with Gasteiger partial charge >= 0.3 is 0 Å². The fourth-order valence-electron chi connectivity index (χ4n) is 2.51. The molecule has 2 aliphatic heterocycles. The van der Waals surface area contributed by atoms with E-state index in [9.17, 15) is 0 Å². The molecule has 96 valence electrons. The Kier molecular flexibility index (Phi) is 3.52. The molecule has 1 aromatic rings. The fraction of sp³-hybridized carbons (Fsp3) is 0.538. The molecule has 1 N–H and O–H groups in total. The molecule has 2 aliphatic rings. The first kappa shape index (κ1) is 11.6. The number of hydrogen-bond donors (Lipinski definition) is 1. The lowest BCUT2D eigenvalue weighted by Crippen LogP contribution is -2.44. The summed E-state index contributed by atoms with van der Waals surface area (Å²) in [6.45, 7) is 5.29. The van der Waals surface area contributed by atoms with Crippen molar-refractivity contribution in [2.45, 2.75) is 6.04 Å². The highest BCUT2D eigenvalue weighted by molar-refractivity contribution is 5.89. The molecule has 0 spiro atoms. The Morgan fingerprint density at radius 2 is 2.22 bits per heavy atom. The van der Waals surface area contributed by atoms with Gasteiger partial charge in [0.2, 0.25) is 0 Å². The smallest absolute Gasteiger partial charge is 0.119 e. The van der Waals surface area contributed by atoms with Gasteiger partial charge in [0.15, 0.2) is 0 Å². The zero-order valence-corrected chi connectivity index (χ0v) is 10.4. The van der Waals surface area contributed by atoms with E-state index in [1.54, 1.807) is 0 Å². The number of nitrogens with zero attached hydrogens (tertiary/aromatic N) is 3. The third-order valence-corrected chi connectivity index (χ3v) is 3.37. The van der Waals surface area contributed by atoms with Crippen molar-refractivity contribution < 1.29 is 4.74 Å². The van der Waals surface area contributed by atoms with Crippen LogP contribution in [-0.4, -0.2) is 55.1 Å². The number of morpholine rings is 1. The van der Waals surface area contributed by atoms with Crippen molar-refractivity contribution in [1.29, 1.82) is 0 Å². The summed E-state index contributed by atoms with van der Waals surface area (Å²) in [6, 6.07) is 4.30. The normalized spacial score (nSPS) is 22.3. The van der Waals surface area contributed by atoms with E-state index in [1.807, 2.05) is 18.5 Å². The molecule has 0 bridgehead atoms. The number of rotatable bonds is 3. The van der Waals surface area contributed by atoms with Crippen molar-refractivity contribution in [3.05, 3.63) is 30.1 Å². The average Bonchev–Trinajstić information content (AvgIpc) is 2.95. The van der Waals surface area contributed by atoms with Crippen LogP contribution in [0.1, 0.15) is 11.6 Å². The Labute approximate surface area is 107 Å². The van der Waals surface area contributed by atoms with Crippen LogP contribution in [0.3, 0.4) is 0 Å². The van der Waals surface area contributed by atoms with E-state index in [0.717, 1.165) is 45.2 Å². The van der Waals surface area contributed by atoms with Crippen LogP contribution in [0.25, 0.3) is 0 Å². The van der Waals surface area contributed by atoms with Crippen LogP contribution >= 0.6 is 0 Å². The molecule has 1 fully saturated rings. The van der Waals surface area contributed by atoms with E-state index < -0.39 is 0 Å². The van der Waals surface area contributed by atoms with Crippen molar-refractivity contribution in [2.75, 3.05) is 39.4 Å². The number of amidine groups is 1. The van der Waals surface area contributed by atoms with Crippen LogP contribution in [0.5, 0.6) is 0 Å². The predicted molar refractivity (Wildman–Crippen MR) is 69.7 cm³/mol. The summed E-state index contributed by atoms with van der Waals surface area (Å²) in [7, 11) is 0. The molecule has 1 atom stereocenters. The quantitative estimate of drug-likeness (QED) is 0.841. The van der Waals surface area contributed by atoms with Gasteiger partial charge < -0.3 is 10.1 Å². The third-order valence-electron chi connectivity index (χ3n) is 3.37. The van der Waals surface area contributed by atoms with Crippen molar-refractivity contribution in [3.63, 3.8) is 0 Å². The summed E-state index contributed by atoms with van der Waals surface area (Å²) >= 11 is 0. The average molecular weight is 246 g/mol. The monoisotopic (exact) mass is 246 g/mol. The van der Waals surface area contributed by atoms with Gasteiger partial charge in [-0.15, -0.1) is 0 Å². The zero-order valence-electron chi connectivity index (χ0n) is 10.4. The molecule has 5 nitrogen and oxygen atoms in total. The molecule has 3 heterocycles. The van der Waals surface area contributed by atoms with E-state index in [4.69, 9.17) is 4.74 Å². The van der Waals surface area contributed by atoms with Crippen LogP contribution in [0, 0.1) is 0 Å². The molecule has 0 aliphatic carbocycles. The molecule has 0 radical (unpaired) electrons. The second kappa shape index (κ2) is 5.46. The molecule has 1 unspecified atom stereocenters. The largest absolute Gasteiger partial charge is 0.379 e. The molecular weight excluding hydrogens is 228 g/mol. The maximum absolute atomic E-state index is 5.43. The van der Waals surface area contributed by atoms with Crippen LogP contribution in [0.2, 0.25) is 0 Å². The Morgan fingerprint density at radius 1 is 1.33 bits per heavy atom. The van der Waals surface area contributed by atoms with Crippen LogP contribution in [0.4, 0.5) is 0 Å². The first-order valence-corrected chi connectivity index (χ1v) is 6.45. The summed E-state index contributed by atoms with van der Waals surface area (Å²) in [4.78, 5) is 11.2. The standard InChI is InChI=1S/C13H18N4O/c1-2-11(10-14-3-1)12(13-15-4-5-16-13)17-6-8-18-9-7-17/h1-3,10,12H,4-9H2,(H,15,16). The lowest BCUT2D eigenvalue weighted by atomic mass is 10.1. The van der Waals surface area contributed by atoms with Gasteiger partial charge in [0.1, 0.15) is 5.84 Å². The molecule has 5 heteroatoms. The van der Waals surface area contributed by atoms with Crippen LogP contribution < -0.4 is 5.32 Å². The van der Waals surface area contributed by atoms with E-state index in [1.165, 1.54) is 5.56 Å². The molecular formula is C13H18N4O. The zero-order chi connectivity index (χ0) is 12.2. The fourth-order valence-corrected chi connectivity index (χ4v) is 2.51. The summed E-state index contributed by atoms with van der Waals surface area (Å²) in [5.74, 6) is 1.07. The van der Waals surface area contributed by atoms with E-state index in [2.05, 4.69) is 26.3 Å². The van der Waals surface area contributed by atoms with Gasteiger partial charge in [0, 0.05) is 32.0 Å². The van der Waals surface area contributed by atoms with Crippen molar-refractivity contribution in [3.8, 4) is 0 Å². The Hall–Kier alpha value is -1.46. The predicted octanol–water partition coefficient (Wildman–Crippen LogP) is 0.457. The van der Waals surface area contributed by atoms with Crippen molar-refractivity contribution in [2.24, 2.45) is 4.99 Å². The maximum Gasteiger partial charge on any atom is 0.119 e. The molecule has 1 aromatic heterocycles. The van der Waals surface area contributed by atoms with Gasteiger partial charge in [-0.3, -0.25) is 14.9 Å². The molecule has 1 saturated heterocycles. The SMILES string of the molecule is c1cncc(C(C2=NCCN2)N2CCOCC2)c1. The van der Waals surface area contributed by atoms with Crippen LogP contribution in [0.15, 0.2) is 29.5 Å². The lowest BCUT2D eigenvalue weighted by molar-refractivity contribution is 0.0282. The van der Waals surface area contributed by atoms with Gasteiger partial charge in [-0.05, 0) is 11.6 Å². The minimum atomic E-state index is 0.199. The highest BCUT2D eigenvalue weighted by Gasteiger charge is 2.28. The first-order valence-electron chi connectivity index (χ1n) is 6.45. The highest BCUT2D eigenvalue weighted by Crippen LogP contribution is 2.23. The minimum absolute atomic E-state index is 0.199. The summed E-state index contributed by atoms with van der Waals surface area (Å²) in [6.07, 6.45) is 3.74. The molecule has 0 saturated carbocycles. The van der Waals surface area contributed by atoms with E-state index in [0.29, 0.717) is 0 Å². The van der Waals surface area contributed by atoms with E-state index in [-0.39, 0.29) is 6.04 Å². The van der Waals surface area contributed by atoms with Gasteiger partial charge in [-0.1, -0.05) is 6.07 Å². The van der Waals surface area contributed by atoms with Crippen molar-refractivity contribution in [1.82, 2.24) is 15.2 Å². The highest BCUT2D eigenvalue weighted by atomic mass is 16.5. The summed E-state index contributed by atoms with van der Waals surface area (Å²) < 4.78 is 5.43. The first-order chi connectivity index (χ1) is 8.95. The van der Waals surface area contributed by atoms with Crippen molar-refractivity contribution >= 4 is 5.84 Å². The number of nitrogens with one attached hydrogen (secondary N) is 1. The maximum atomic E-state index is 5.43. The number of aliphatic imine (C=N–C) groups is 1. The third kappa shape index (κ3) is 2.37. The molecule has 3 rings (SSSR count). The number of hydrogen-bond acceptors (Lipinski definition) is 5. The second-order valence-electron chi connectivity index (χ2n) is 4.53. The van der Waals surface area contributed by atoms with E-state index >= 15 is 0 Å². The molecule has 0 amide bonds. The molecule has 18 heavy (non-hydrogen) atoms. The van der Waals surface area contributed by atoms with Gasteiger partial charge in [-0.25, -0.2) is 0 Å². The van der Waals surface area contributed by atoms with Gasteiger partial charge in [-0.2, -0.15) is 0 Å². The number of aromatic nitrogens is 1. The number of ether oxygens (including phenoxy) is 1. The Bertz CT molecular complexity index is 414. The summed E-state index contributed by atoms with van der Waals surface area (Å²) in [5.41, 5.74) is 1.20. The lowest BCUT2D eigenvalue weighted by Gasteiger charge is -2.34. The number of pyridine rings is 1. The Morgan fingerprint density at radius 3 is 2.89 bits per heavy atom. The summed E-state index contributed by atoms with van der Waals surface area (Å²) in [5, 5.41) is 3.39. The Balaban J connectivity index is 1.87. The minimum Gasteiger partial charge on any atom is -0.379 e. The second-order valence-corrected chi connectivity index (χ2v) is 4.53. The van der Waals surface area contributed by atoms with Gasteiger partial charge in [0.25, 0.3) is 0 Å². The van der Waals surface area contributed by atoms with Gasteiger partial charge in [0.05, 0.1) is 25.8 Å². The molecule has 0 aromatic carbocycles. The topological polar surface area (TPSA) is 49.8 Å². The van der Waals surface area contributed by atoms with Crippen LogP contribution in [-0.2, 0) is 4.74 Å².